The molecule has 0 aromatic rings. The van der Waals surface area contributed by atoms with Crippen molar-refractivity contribution in [3.63, 3.8) is 0 Å². The summed E-state index contributed by atoms with van der Waals surface area (Å²) in [5.41, 5.74) is -2.78. The van der Waals surface area contributed by atoms with Gasteiger partial charge in [0.1, 0.15) is 22.4 Å². The molecule has 306 valence electrons. The lowest BCUT2D eigenvalue weighted by Crippen LogP contribution is -2.44. The molecule has 0 atom stereocenters. The van der Waals surface area contributed by atoms with E-state index in [0.29, 0.717) is 64.8 Å². The van der Waals surface area contributed by atoms with Crippen molar-refractivity contribution in [2.75, 3.05) is 39.3 Å². The molecule has 0 radical (unpaired) electrons. The average molecular weight is 758 g/mol. The zero-order valence-corrected chi connectivity index (χ0v) is 34.2. The average Bonchev–Trinajstić information content (AvgIpc) is 2.95. The Balaban J connectivity index is 4.50. The SMILES string of the molecule is CC(C)(C)OC(=O)/N=C(/NCCCCCCNC(=O)C(=O)NCCCCN(CCCNC(=O)OC(C)(C)C)C(=O)OC(C)(C)C)NC(=O)OC(C)(C)C. The van der Waals surface area contributed by atoms with Crippen LogP contribution in [0.3, 0.4) is 0 Å². The number of aliphatic imine (C=N–C) groups is 1. The molecule has 17 heteroatoms. The molecular formula is C36H67N7O10. The second kappa shape index (κ2) is 23.4. The Morgan fingerprint density at radius 1 is 0.472 bits per heavy atom. The molecule has 0 heterocycles. The van der Waals surface area contributed by atoms with Crippen molar-refractivity contribution in [3.8, 4) is 0 Å². The number of unbranched alkanes of at least 4 members (excludes halogenated alkanes) is 4. The maximum Gasteiger partial charge on any atom is 0.437 e. The molecule has 0 fully saturated rings. The van der Waals surface area contributed by atoms with Crippen LogP contribution in [0.15, 0.2) is 4.99 Å². The zero-order chi connectivity index (χ0) is 40.9. The lowest BCUT2D eigenvalue weighted by Gasteiger charge is -2.27. The second-order valence-electron chi connectivity index (χ2n) is 16.4. The number of hydrogen-bond acceptors (Lipinski definition) is 10. The van der Waals surface area contributed by atoms with Crippen molar-refractivity contribution in [1.29, 1.82) is 0 Å². The van der Waals surface area contributed by atoms with Gasteiger partial charge in [-0.1, -0.05) is 12.8 Å². The van der Waals surface area contributed by atoms with Gasteiger partial charge in [-0.25, -0.2) is 19.2 Å². The highest BCUT2D eigenvalue weighted by atomic mass is 16.6. The summed E-state index contributed by atoms with van der Waals surface area (Å²) in [7, 11) is 0. The van der Waals surface area contributed by atoms with E-state index in [9.17, 15) is 28.8 Å². The van der Waals surface area contributed by atoms with E-state index in [-0.39, 0.29) is 12.5 Å². The fraction of sp³-hybridized carbons (Fsp3) is 0.806. The van der Waals surface area contributed by atoms with E-state index in [4.69, 9.17) is 18.9 Å². The molecule has 0 aliphatic rings. The third kappa shape index (κ3) is 29.9. The Hall–Kier alpha value is -4.31. The number of ether oxygens (including phenoxy) is 4. The molecule has 0 aliphatic heterocycles. The van der Waals surface area contributed by atoms with Crippen LogP contribution in [0.1, 0.15) is 128 Å². The summed E-state index contributed by atoms with van der Waals surface area (Å²) >= 11 is 0. The van der Waals surface area contributed by atoms with Gasteiger partial charge in [0, 0.05) is 39.3 Å². The number of nitrogens with one attached hydrogen (secondary N) is 5. The first kappa shape index (κ1) is 48.7. The van der Waals surface area contributed by atoms with Crippen LogP contribution in [0.25, 0.3) is 0 Å². The van der Waals surface area contributed by atoms with Gasteiger partial charge in [-0.3, -0.25) is 14.9 Å². The van der Waals surface area contributed by atoms with Crippen molar-refractivity contribution < 1.29 is 47.7 Å². The van der Waals surface area contributed by atoms with Gasteiger partial charge >= 0.3 is 36.2 Å². The minimum absolute atomic E-state index is 0.0863. The van der Waals surface area contributed by atoms with E-state index in [1.54, 1.807) is 88.0 Å². The molecule has 53 heavy (non-hydrogen) atoms. The highest BCUT2D eigenvalue weighted by Gasteiger charge is 2.23. The summed E-state index contributed by atoms with van der Waals surface area (Å²) in [5, 5.41) is 13.2. The van der Waals surface area contributed by atoms with E-state index in [0.717, 1.165) is 12.8 Å². The van der Waals surface area contributed by atoms with Crippen molar-refractivity contribution in [3.05, 3.63) is 0 Å². The van der Waals surface area contributed by atoms with Crippen molar-refractivity contribution in [2.24, 2.45) is 4.99 Å². The predicted molar refractivity (Wildman–Crippen MR) is 201 cm³/mol. The minimum atomic E-state index is -0.862. The molecule has 6 amide bonds. The standard InChI is InChI=1S/C36H67N7O10/c1-33(2,3)50-29(46)40-23-19-25-43(32(49)53-36(10,11)12)24-18-17-21-38-27(45)26(44)37-20-15-13-14-16-22-39-28(41-30(47)51-34(4,5)6)42-31(48)52-35(7,8)9/h13-25H2,1-12H3,(H,37,44)(H,38,45)(H,40,46)(H2,39,41,42,47,48). The van der Waals surface area contributed by atoms with Gasteiger partial charge in [0.25, 0.3) is 0 Å². The van der Waals surface area contributed by atoms with Gasteiger partial charge < -0.3 is 45.1 Å². The third-order valence-electron chi connectivity index (χ3n) is 6.17. The van der Waals surface area contributed by atoms with Crippen LogP contribution < -0.4 is 26.6 Å². The third-order valence-corrected chi connectivity index (χ3v) is 6.17. The molecule has 0 aromatic carbocycles. The molecule has 0 aromatic heterocycles. The Morgan fingerprint density at radius 2 is 0.887 bits per heavy atom. The van der Waals surface area contributed by atoms with Crippen LogP contribution in [0.4, 0.5) is 19.2 Å². The topological polar surface area (TPSA) is 215 Å². The van der Waals surface area contributed by atoms with Crippen LogP contribution in [-0.2, 0) is 28.5 Å². The van der Waals surface area contributed by atoms with E-state index in [1.807, 2.05) is 0 Å². The van der Waals surface area contributed by atoms with Gasteiger partial charge in [-0.2, -0.15) is 0 Å². The molecule has 0 bridgehead atoms. The smallest absolute Gasteiger partial charge is 0.437 e. The number of guanidine groups is 1. The van der Waals surface area contributed by atoms with E-state index >= 15 is 0 Å². The zero-order valence-electron chi connectivity index (χ0n) is 34.2. The fourth-order valence-corrected chi connectivity index (χ4v) is 4.09. The number of alkyl carbamates (subject to hydrolysis) is 2. The van der Waals surface area contributed by atoms with Crippen LogP contribution in [0.5, 0.6) is 0 Å². The summed E-state index contributed by atoms with van der Waals surface area (Å²) in [6, 6.07) is 0. The molecule has 0 rings (SSSR count). The number of carbonyl (C=O) groups excluding carboxylic acids is 6. The first-order chi connectivity index (χ1) is 24.3. The van der Waals surface area contributed by atoms with Gasteiger partial charge in [0.05, 0.1) is 0 Å². The second-order valence-corrected chi connectivity index (χ2v) is 16.4. The summed E-state index contributed by atoms with van der Waals surface area (Å²) in [6.07, 6.45) is 1.78. The lowest BCUT2D eigenvalue weighted by atomic mass is 10.2. The quantitative estimate of drug-likeness (QED) is 0.0458. The van der Waals surface area contributed by atoms with Gasteiger partial charge in [-0.05, 0) is 115 Å². The lowest BCUT2D eigenvalue weighted by molar-refractivity contribution is -0.139. The van der Waals surface area contributed by atoms with Crippen LogP contribution in [0, 0.1) is 0 Å². The van der Waals surface area contributed by atoms with Crippen molar-refractivity contribution >= 4 is 42.1 Å². The molecule has 0 aliphatic carbocycles. The van der Waals surface area contributed by atoms with Gasteiger partial charge in [-0.15, -0.1) is 4.99 Å². The number of hydrogen-bond donors (Lipinski definition) is 5. The number of carbonyl (C=O) groups is 6. The fourth-order valence-electron chi connectivity index (χ4n) is 4.09. The van der Waals surface area contributed by atoms with Gasteiger partial charge in [0.15, 0.2) is 0 Å². The maximum absolute atomic E-state index is 12.7. The molecular weight excluding hydrogens is 690 g/mol. The highest BCUT2D eigenvalue weighted by Crippen LogP contribution is 2.12. The molecule has 5 N–H and O–H groups in total. The van der Waals surface area contributed by atoms with E-state index in [2.05, 4.69) is 31.6 Å². The Morgan fingerprint density at radius 3 is 1.38 bits per heavy atom. The summed E-state index contributed by atoms with van der Waals surface area (Å²) in [4.78, 5) is 78.8. The molecule has 17 nitrogen and oxygen atoms in total. The summed E-state index contributed by atoms with van der Waals surface area (Å²) < 4.78 is 21.2. The molecule has 0 spiro atoms. The Kier molecular flexibility index (Phi) is 21.5. The number of amides is 6. The van der Waals surface area contributed by atoms with Crippen molar-refractivity contribution in [2.45, 2.75) is 150 Å². The summed E-state index contributed by atoms with van der Waals surface area (Å²) in [6.45, 7) is 22.9. The largest absolute Gasteiger partial charge is 0.444 e. The first-order valence-corrected chi connectivity index (χ1v) is 18.3. The van der Waals surface area contributed by atoms with Gasteiger partial charge in [0.2, 0.25) is 5.96 Å². The van der Waals surface area contributed by atoms with Crippen LogP contribution in [-0.4, -0.2) is 109 Å². The minimum Gasteiger partial charge on any atom is -0.444 e. The van der Waals surface area contributed by atoms with Crippen molar-refractivity contribution in [1.82, 2.24) is 31.5 Å². The monoisotopic (exact) mass is 757 g/mol. The van der Waals surface area contributed by atoms with Crippen LogP contribution in [0.2, 0.25) is 0 Å². The predicted octanol–water partition coefficient (Wildman–Crippen LogP) is 5.12. The highest BCUT2D eigenvalue weighted by molar-refractivity contribution is 6.35. The first-order valence-electron chi connectivity index (χ1n) is 18.3. The normalized spacial score (nSPS) is 12.2. The van der Waals surface area contributed by atoms with Crippen LogP contribution >= 0.6 is 0 Å². The summed E-state index contributed by atoms with van der Waals surface area (Å²) in [5.74, 6) is -1.55. The van der Waals surface area contributed by atoms with E-state index in [1.165, 1.54) is 0 Å². The molecule has 0 saturated carbocycles. The molecule has 0 unspecified atom stereocenters. The van der Waals surface area contributed by atoms with E-state index < -0.39 is 58.6 Å². The Bertz CT molecular complexity index is 1210. The molecule has 0 saturated heterocycles. The Labute approximate surface area is 315 Å². The number of nitrogens with zero attached hydrogens (tertiary/aromatic N) is 2. The number of rotatable bonds is 16. The maximum atomic E-state index is 12.7.